The van der Waals surface area contributed by atoms with Gasteiger partial charge < -0.3 is 9.84 Å². The number of nitro benzene ring substituents is 1. The van der Waals surface area contributed by atoms with Crippen molar-refractivity contribution < 1.29 is 19.6 Å². The van der Waals surface area contributed by atoms with Gasteiger partial charge in [-0.05, 0) is 6.92 Å². The zero-order valence-corrected chi connectivity index (χ0v) is 8.18. The van der Waals surface area contributed by atoms with Crippen LogP contribution in [0.25, 0.3) is 0 Å². The van der Waals surface area contributed by atoms with Gasteiger partial charge in [0.1, 0.15) is 0 Å². The molecule has 0 heterocycles. The molecule has 1 aromatic rings. The number of ether oxygens (including phenoxy) is 1. The van der Waals surface area contributed by atoms with Crippen molar-refractivity contribution >= 4 is 11.5 Å². The molecule has 0 saturated carbocycles. The largest absolute Gasteiger partial charge is 0.504 e. The van der Waals surface area contributed by atoms with Gasteiger partial charge in [-0.25, -0.2) is 0 Å². The molecule has 6 heteroatoms. The first kappa shape index (κ1) is 11.0. The Morgan fingerprint density at radius 2 is 2.13 bits per heavy atom. The highest BCUT2D eigenvalue weighted by Crippen LogP contribution is 2.34. The van der Waals surface area contributed by atoms with Gasteiger partial charge in [-0.2, -0.15) is 0 Å². The smallest absolute Gasteiger partial charge is 0.274 e. The Labute approximate surface area is 85.2 Å². The van der Waals surface area contributed by atoms with Crippen LogP contribution in [0.1, 0.15) is 17.3 Å². The number of methoxy groups -OCH3 is 1. The third-order valence-corrected chi connectivity index (χ3v) is 1.87. The maximum absolute atomic E-state index is 11.1. The highest BCUT2D eigenvalue weighted by Gasteiger charge is 2.18. The number of hydrogen-bond donors (Lipinski definition) is 1. The maximum Gasteiger partial charge on any atom is 0.274 e. The summed E-state index contributed by atoms with van der Waals surface area (Å²) < 4.78 is 4.72. The molecule has 1 rings (SSSR count). The van der Waals surface area contributed by atoms with Crippen LogP contribution in [0.4, 0.5) is 5.69 Å². The predicted octanol–water partition coefficient (Wildman–Crippen LogP) is 1.51. The number of nitro groups is 1. The minimum Gasteiger partial charge on any atom is -0.504 e. The molecule has 1 N–H and O–H groups in total. The van der Waals surface area contributed by atoms with Crippen LogP contribution in [0.3, 0.4) is 0 Å². The van der Waals surface area contributed by atoms with Crippen molar-refractivity contribution in [3.8, 4) is 11.5 Å². The van der Waals surface area contributed by atoms with E-state index in [0.29, 0.717) is 0 Å². The lowest BCUT2D eigenvalue weighted by Gasteiger charge is -2.06. The van der Waals surface area contributed by atoms with Crippen LogP contribution in [0.2, 0.25) is 0 Å². The lowest BCUT2D eigenvalue weighted by molar-refractivity contribution is -0.385. The van der Waals surface area contributed by atoms with Crippen LogP contribution < -0.4 is 4.74 Å². The standard InChI is InChI=1S/C9H9NO5/c1-5(11)7-3-6(10(13)14)4-8(15-2)9(7)12/h3-4,12H,1-2H3. The van der Waals surface area contributed by atoms with E-state index in [0.717, 1.165) is 12.1 Å². The number of carbonyl (C=O) groups is 1. The van der Waals surface area contributed by atoms with E-state index in [-0.39, 0.29) is 22.7 Å². The molecule has 0 aliphatic rings. The Bertz CT molecular complexity index is 427. The quantitative estimate of drug-likeness (QED) is 0.465. The van der Waals surface area contributed by atoms with Crippen LogP contribution in [0.5, 0.6) is 11.5 Å². The van der Waals surface area contributed by atoms with E-state index in [1.54, 1.807) is 0 Å². The molecule has 0 spiro atoms. The number of Topliss-reactive ketones (excluding diaryl/α,β-unsaturated/α-hetero) is 1. The molecule has 0 radical (unpaired) electrons. The van der Waals surface area contributed by atoms with Crippen molar-refractivity contribution in [3.63, 3.8) is 0 Å². The van der Waals surface area contributed by atoms with Crippen LogP contribution in [0, 0.1) is 10.1 Å². The van der Waals surface area contributed by atoms with Crippen molar-refractivity contribution in [2.45, 2.75) is 6.92 Å². The molecule has 0 atom stereocenters. The molecule has 0 aliphatic heterocycles. The van der Waals surface area contributed by atoms with Gasteiger partial charge in [0.05, 0.1) is 23.7 Å². The van der Waals surface area contributed by atoms with Crippen LogP contribution in [-0.4, -0.2) is 22.9 Å². The average molecular weight is 211 g/mol. The second kappa shape index (κ2) is 3.95. The first-order valence-electron chi connectivity index (χ1n) is 4.03. The first-order valence-corrected chi connectivity index (χ1v) is 4.03. The number of non-ortho nitro benzene ring substituents is 1. The van der Waals surface area contributed by atoms with Crippen molar-refractivity contribution in [1.82, 2.24) is 0 Å². The zero-order valence-electron chi connectivity index (χ0n) is 8.18. The summed E-state index contributed by atoms with van der Waals surface area (Å²) in [5, 5.41) is 20.0. The van der Waals surface area contributed by atoms with Crippen molar-refractivity contribution in [3.05, 3.63) is 27.8 Å². The molecule has 0 unspecified atom stereocenters. The van der Waals surface area contributed by atoms with Gasteiger partial charge in [0, 0.05) is 6.07 Å². The van der Waals surface area contributed by atoms with Crippen LogP contribution in [-0.2, 0) is 0 Å². The number of hydrogen-bond acceptors (Lipinski definition) is 5. The molecular weight excluding hydrogens is 202 g/mol. The second-order valence-electron chi connectivity index (χ2n) is 2.86. The molecule has 0 aliphatic carbocycles. The van der Waals surface area contributed by atoms with Gasteiger partial charge in [-0.3, -0.25) is 14.9 Å². The monoisotopic (exact) mass is 211 g/mol. The second-order valence-corrected chi connectivity index (χ2v) is 2.86. The Morgan fingerprint density at radius 3 is 2.53 bits per heavy atom. The van der Waals surface area contributed by atoms with Gasteiger partial charge in [-0.1, -0.05) is 0 Å². The number of ketones is 1. The highest BCUT2D eigenvalue weighted by molar-refractivity contribution is 5.98. The molecule has 80 valence electrons. The van der Waals surface area contributed by atoms with E-state index in [9.17, 15) is 20.0 Å². The van der Waals surface area contributed by atoms with Gasteiger partial charge in [0.25, 0.3) is 5.69 Å². The minimum atomic E-state index is -0.658. The summed E-state index contributed by atoms with van der Waals surface area (Å²) >= 11 is 0. The Morgan fingerprint density at radius 1 is 1.53 bits per heavy atom. The van der Waals surface area contributed by atoms with Crippen molar-refractivity contribution in [2.75, 3.05) is 7.11 Å². The lowest BCUT2D eigenvalue weighted by atomic mass is 10.1. The highest BCUT2D eigenvalue weighted by atomic mass is 16.6. The van der Waals surface area contributed by atoms with E-state index in [2.05, 4.69) is 0 Å². The average Bonchev–Trinajstić information content (AvgIpc) is 2.17. The van der Waals surface area contributed by atoms with E-state index >= 15 is 0 Å². The Balaban J connectivity index is 3.45. The predicted molar refractivity (Wildman–Crippen MR) is 51.3 cm³/mol. The summed E-state index contributed by atoms with van der Waals surface area (Å²) in [6.07, 6.45) is 0. The fraction of sp³-hybridized carbons (Fsp3) is 0.222. The van der Waals surface area contributed by atoms with Crippen molar-refractivity contribution in [1.29, 1.82) is 0 Å². The third-order valence-electron chi connectivity index (χ3n) is 1.87. The number of nitrogens with zero attached hydrogens (tertiary/aromatic N) is 1. The van der Waals surface area contributed by atoms with Gasteiger partial charge in [0.15, 0.2) is 17.3 Å². The summed E-state index contributed by atoms with van der Waals surface area (Å²) in [5.74, 6) is -0.931. The summed E-state index contributed by atoms with van der Waals surface area (Å²) in [6, 6.07) is 2.07. The van der Waals surface area contributed by atoms with Gasteiger partial charge in [-0.15, -0.1) is 0 Å². The molecule has 15 heavy (non-hydrogen) atoms. The summed E-state index contributed by atoms with van der Waals surface area (Å²) in [7, 11) is 1.25. The number of carbonyl (C=O) groups excluding carboxylic acids is 1. The van der Waals surface area contributed by atoms with Crippen molar-refractivity contribution in [2.24, 2.45) is 0 Å². The number of benzene rings is 1. The number of aromatic hydroxyl groups is 1. The molecule has 1 aromatic carbocycles. The third kappa shape index (κ3) is 2.04. The van der Waals surface area contributed by atoms with E-state index in [4.69, 9.17) is 4.74 Å². The van der Waals surface area contributed by atoms with E-state index < -0.39 is 10.7 Å². The van der Waals surface area contributed by atoms with Gasteiger partial charge >= 0.3 is 0 Å². The van der Waals surface area contributed by atoms with Gasteiger partial charge in [0.2, 0.25) is 0 Å². The Hall–Kier alpha value is -2.11. The molecule has 0 aromatic heterocycles. The molecule has 6 nitrogen and oxygen atoms in total. The lowest BCUT2D eigenvalue weighted by Crippen LogP contribution is -1.98. The molecule has 0 saturated heterocycles. The number of phenolic OH excluding ortho intramolecular Hbond substituents is 1. The number of rotatable bonds is 3. The zero-order chi connectivity index (χ0) is 11.6. The topological polar surface area (TPSA) is 89.7 Å². The minimum absolute atomic E-state index is 0.0885. The summed E-state index contributed by atoms with van der Waals surface area (Å²) in [5.41, 5.74) is -0.420. The van der Waals surface area contributed by atoms with E-state index in [1.807, 2.05) is 0 Å². The fourth-order valence-corrected chi connectivity index (χ4v) is 1.12. The van der Waals surface area contributed by atoms with E-state index in [1.165, 1.54) is 14.0 Å². The maximum atomic E-state index is 11.1. The Kier molecular flexibility index (Phi) is 2.89. The first-order chi connectivity index (χ1) is 6.97. The normalized spacial score (nSPS) is 9.73. The summed E-state index contributed by atoms with van der Waals surface area (Å²) in [6.45, 7) is 1.21. The summed E-state index contributed by atoms with van der Waals surface area (Å²) in [4.78, 5) is 20.9. The van der Waals surface area contributed by atoms with Crippen LogP contribution in [0.15, 0.2) is 12.1 Å². The molecule has 0 fully saturated rings. The molecular formula is C9H9NO5. The number of phenols is 1. The fourth-order valence-electron chi connectivity index (χ4n) is 1.12. The molecule has 0 amide bonds. The molecule has 0 bridgehead atoms. The van der Waals surface area contributed by atoms with Crippen LogP contribution >= 0.6 is 0 Å². The SMILES string of the molecule is COc1cc([N+](=O)[O-])cc(C(C)=O)c1O.